The van der Waals surface area contributed by atoms with Crippen molar-refractivity contribution in [2.45, 2.75) is 19.9 Å². The number of ether oxygens (including phenoxy) is 4. The van der Waals surface area contributed by atoms with Crippen molar-refractivity contribution < 1.29 is 28.5 Å². The van der Waals surface area contributed by atoms with Gasteiger partial charge >= 0.3 is 11.9 Å². The van der Waals surface area contributed by atoms with Crippen LogP contribution in [0.4, 0.5) is 0 Å². The van der Waals surface area contributed by atoms with Gasteiger partial charge in [0, 0.05) is 10.6 Å². The molecule has 1 aliphatic rings. The lowest BCUT2D eigenvalue weighted by molar-refractivity contribution is -0.145. The summed E-state index contributed by atoms with van der Waals surface area (Å²) in [7, 11) is 1.44. The van der Waals surface area contributed by atoms with E-state index in [9.17, 15) is 14.4 Å². The van der Waals surface area contributed by atoms with Crippen molar-refractivity contribution in [1.29, 1.82) is 0 Å². The molecule has 5 rings (SSSR count). The van der Waals surface area contributed by atoms with E-state index in [-0.39, 0.29) is 47.5 Å². The van der Waals surface area contributed by atoms with Crippen LogP contribution in [0, 0.1) is 0 Å². The Labute approximate surface area is 272 Å². The molecule has 1 aliphatic heterocycles. The molecule has 0 spiro atoms. The van der Waals surface area contributed by atoms with E-state index >= 15 is 0 Å². The van der Waals surface area contributed by atoms with Crippen molar-refractivity contribution in [3.8, 4) is 11.5 Å². The molecule has 9 nitrogen and oxygen atoms in total. The van der Waals surface area contributed by atoms with Gasteiger partial charge in [-0.1, -0.05) is 77.0 Å². The molecule has 2 heterocycles. The number of carbonyl (C=O) groups excluding carboxylic acids is 2. The lowest BCUT2D eigenvalue weighted by atomic mass is 9.93. The average molecular weight is 668 g/mol. The van der Waals surface area contributed by atoms with E-state index in [1.165, 1.54) is 23.0 Å². The largest absolute Gasteiger partial charge is 0.493 e. The first-order chi connectivity index (χ1) is 21.7. The second-order valence-electron chi connectivity index (χ2n) is 9.61. The quantitative estimate of drug-likeness (QED) is 0.215. The van der Waals surface area contributed by atoms with Crippen LogP contribution in [0.5, 0.6) is 11.5 Å². The number of hydrogen-bond donors (Lipinski definition) is 0. The first-order valence-electron chi connectivity index (χ1n) is 14.0. The number of hydrogen-bond acceptors (Lipinski definition) is 9. The molecule has 4 aromatic rings. The van der Waals surface area contributed by atoms with Gasteiger partial charge in [0.05, 0.1) is 47.2 Å². The Morgan fingerprint density at radius 3 is 2.38 bits per heavy atom. The minimum Gasteiger partial charge on any atom is -0.493 e. The van der Waals surface area contributed by atoms with Gasteiger partial charge in [0.25, 0.3) is 5.56 Å². The number of aromatic nitrogens is 1. The van der Waals surface area contributed by atoms with E-state index in [4.69, 9.17) is 47.1 Å². The molecule has 0 bridgehead atoms. The van der Waals surface area contributed by atoms with Crippen molar-refractivity contribution in [3.05, 3.63) is 119 Å². The minimum absolute atomic E-state index is 0.143. The summed E-state index contributed by atoms with van der Waals surface area (Å²) in [5.41, 5.74) is 2.18. The van der Waals surface area contributed by atoms with Crippen molar-refractivity contribution in [2.24, 2.45) is 4.99 Å². The molecule has 0 unspecified atom stereocenters. The average Bonchev–Trinajstić information content (AvgIpc) is 3.34. The van der Waals surface area contributed by atoms with Gasteiger partial charge in [-0.25, -0.2) is 14.6 Å². The fourth-order valence-electron chi connectivity index (χ4n) is 4.85. The number of thiazole rings is 1. The van der Waals surface area contributed by atoms with Crippen LogP contribution in [0.15, 0.2) is 82.1 Å². The summed E-state index contributed by atoms with van der Waals surface area (Å²) >= 11 is 13.9. The number of nitrogens with zero attached hydrogens (tertiary/aromatic N) is 2. The van der Waals surface area contributed by atoms with Gasteiger partial charge in [-0.2, -0.15) is 0 Å². The third-order valence-electron chi connectivity index (χ3n) is 6.75. The highest BCUT2D eigenvalue weighted by Gasteiger charge is 2.35. The predicted octanol–water partition coefficient (Wildman–Crippen LogP) is 5.19. The zero-order chi connectivity index (χ0) is 32.1. The second kappa shape index (κ2) is 14.2. The third kappa shape index (κ3) is 6.83. The highest BCUT2D eigenvalue weighted by molar-refractivity contribution is 7.07. The first kappa shape index (κ1) is 32.0. The number of benzene rings is 3. The molecule has 0 saturated heterocycles. The highest BCUT2D eigenvalue weighted by Crippen LogP contribution is 2.37. The lowest BCUT2D eigenvalue weighted by Crippen LogP contribution is -2.40. The van der Waals surface area contributed by atoms with Crippen LogP contribution >= 0.6 is 34.5 Å². The molecule has 1 atom stereocenters. The van der Waals surface area contributed by atoms with Crippen LogP contribution in [-0.4, -0.2) is 43.4 Å². The Hall–Kier alpha value is -4.38. The van der Waals surface area contributed by atoms with E-state index in [1.807, 2.05) is 30.3 Å². The van der Waals surface area contributed by atoms with E-state index in [0.29, 0.717) is 36.7 Å². The Morgan fingerprint density at radius 1 is 1.00 bits per heavy atom. The van der Waals surface area contributed by atoms with Crippen LogP contribution < -0.4 is 24.4 Å². The van der Waals surface area contributed by atoms with Crippen LogP contribution in [0.3, 0.4) is 0 Å². The topological polar surface area (TPSA) is 105 Å². The molecule has 0 amide bonds. The molecule has 3 aromatic carbocycles. The SMILES string of the molecule is CCOC(=O)COc1c(Cl)cc(/C=c2\sc3n(c2=O)[C@@H](c2ccc(Cl)cc2)C(C(=O)OCC)=C(c2ccccc2)N=3)cc1OC. The maximum absolute atomic E-state index is 14.1. The van der Waals surface area contributed by atoms with E-state index < -0.39 is 18.0 Å². The molecule has 45 heavy (non-hydrogen) atoms. The number of halogens is 2. The molecule has 0 fully saturated rings. The monoisotopic (exact) mass is 666 g/mol. The predicted molar refractivity (Wildman–Crippen MR) is 173 cm³/mol. The highest BCUT2D eigenvalue weighted by atomic mass is 35.5. The van der Waals surface area contributed by atoms with Crippen LogP contribution in [-0.2, 0) is 19.1 Å². The minimum atomic E-state index is -0.841. The maximum atomic E-state index is 14.1. The fourth-order valence-corrected chi connectivity index (χ4v) is 6.25. The van der Waals surface area contributed by atoms with Gasteiger partial charge in [-0.05, 0) is 55.3 Å². The molecule has 0 aliphatic carbocycles. The van der Waals surface area contributed by atoms with Gasteiger partial charge in [-0.15, -0.1) is 0 Å². The number of fused-ring (bicyclic) bond motifs is 1. The van der Waals surface area contributed by atoms with E-state index in [0.717, 1.165) is 0 Å². The molecule has 12 heteroatoms. The summed E-state index contributed by atoms with van der Waals surface area (Å²) in [6.45, 7) is 3.43. The Morgan fingerprint density at radius 2 is 1.71 bits per heavy atom. The zero-order valence-corrected chi connectivity index (χ0v) is 26.9. The summed E-state index contributed by atoms with van der Waals surface area (Å²) in [6, 6.07) is 18.6. The summed E-state index contributed by atoms with van der Waals surface area (Å²) in [5, 5.41) is 0.685. The molecule has 1 aromatic heterocycles. The van der Waals surface area contributed by atoms with Crippen LogP contribution in [0.1, 0.15) is 36.6 Å². The van der Waals surface area contributed by atoms with Gasteiger partial charge in [0.15, 0.2) is 22.9 Å². The number of rotatable bonds is 10. The van der Waals surface area contributed by atoms with Gasteiger partial charge in [0.1, 0.15) is 0 Å². The number of carbonyl (C=O) groups is 2. The van der Waals surface area contributed by atoms with Crippen molar-refractivity contribution in [1.82, 2.24) is 4.57 Å². The van der Waals surface area contributed by atoms with Gasteiger partial charge in [-0.3, -0.25) is 9.36 Å². The van der Waals surface area contributed by atoms with Gasteiger partial charge < -0.3 is 18.9 Å². The summed E-state index contributed by atoms with van der Waals surface area (Å²) in [5.74, 6) is -0.696. The Balaban J connectivity index is 1.69. The number of esters is 2. The van der Waals surface area contributed by atoms with Crippen molar-refractivity contribution in [2.75, 3.05) is 26.9 Å². The van der Waals surface area contributed by atoms with Crippen LogP contribution in [0.2, 0.25) is 10.0 Å². The second-order valence-corrected chi connectivity index (χ2v) is 11.5. The Kier molecular flexibility index (Phi) is 10.1. The third-order valence-corrected chi connectivity index (χ3v) is 8.26. The molecular weight excluding hydrogens is 639 g/mol. The molecule has 0 saturated carbocycles. The van der Waals surface area contributed by atoms with Gasteiger partial charge in [0.2, 0.25) is 0 Å². The van der Waals surface area contributed by atoms with Crippen LogP contribution in [0.25, 0.3) is 11.8 Å². The van der Waals surface area contributed by atoms with E-state index in [2.05, 4.69) is 0 Å². The Bertz CT molecular complexity index is 1950. The summed E-state index contributed by atoms with van der Waals surface area (Å²) in [4.78, 5) is 44.7. The molecular formula is C33H28Cl2N2O7S. The maximum Gasteiger partial charge on any atom is 0.344 e. The molecule has 0 N–H and O–H groups in total. The summed E-state index contributed by atoms with van der Waals surface area (Å²) < 4.78 is 23.3. The molecule has 0 radical (unpaired) electrons. The standard InChI is InChI=1S/C33H28Cl2N2O7S/c1-4-42-26(38)18-44-30-23(35)15-19(16-24(30)41-3)17-25-31(39)37-29(21-11-13-22(34)14-12-21)27(32(40)43-5-2)28(36-33(37)45-25)20-9-7-6-8-10-20/h6-17,29H,4-5,18H2,1-3H3/b25-17-/t29-/m0/s1. The van der Waals surface area contributed by atoms with E-state index in [1.54, 1.807) is 56.3 Å². The first-order valence-corrected chi connectivity index (χ1v) is 15.5. The normalized spacial score (nSPS) is 14.4. The zero-order valence-electron chi connectivity index (χ0n) is 24.5. The summed E-state index contributed by atoms with van der Waals surface area (Å²) in [6.07, 6.45) is 1.66. The molecule has 232 valence electrons. The fraction of sp³-hybridized carbons (Fsp3) is 0.212. The lowest BCUT2D eigenvalue weighted by Gasteiger charge is -2.25. The smallest absolute Gasteiger partial charge is 0.344 e. The number of methoxy groups -OCH3 is 1. The van der Waals surface area contributed by atoms with Crippen molar-refractivity contribution in [3.63, 3.8) is 0 Å². The van der Waals surface area contributed by atoms with Crippen molar-refractivity contribution >= 4 is 58.3 Å².